The quantitative estimate of drug-likeness (QED) is 0.389. The first-order valence-corrected chi connectivity index (χ1v) is 5.44. The van der Waals surface area contributed by atoms with Crippen LogP contribution < -0.4 is 16.8 Å². The monoisotopic (exact) mass is 269 g/mol. The molecule has 2 atom stereocenters. The van der Waals surface area contributed by atoms with Gasteiger partial charge in [-0.05, 0) is 6.92 Å². The van der Waals surface area contributed by atoms with Gasteiger partial charge in [0.05, 0.1) is 16.6 Å². The number of rotatable bonds is 6. The van der Waals surface area contributed by atoms with Crippen molar-refractivity contribution < 1.29 is 14.8 Å². The lowest BCUT2D eigenvalue weighted by molar-refractivity contribution is -0.385. The molecule has 0 aliphatic carbocycles. The second-order valence-corrected chi connectivity index (χ2v) is 4.00. The van der Waals surface area contributed by atoms with E-state index in [0.717, 1.165) is 12.3 Å². The van der Waals surface area contributed by atoms with Crippen LogP contribution in [0.5, 0.6) is 0 Å². The van der Waals surface area contributed by atoms with Gasteiger partial charge in [0.25, 0.3) is 11.6 Å². The second-order valence-electron chi connectivity index (χ2n) is 4.00. The molecule has 1 aromatic heterocycles. The van der Waals surface area contributed by atoms with Gasteiger partial charge in [-0.1, -0.05) is 0 Å². The predicted octanol–water partition coefficient (Wildman–Crippen LogP) is -0.791. The van der Waals surface area contributed by atoms with Gasteiger partial charge in [0.15, 0.2) is 0 Å². The number of nitrogens with one attached hydrogen (secondary N) is 1. The number of amides is 1. The first kappa shape index (κ1) is 14.8. The fraction of sp³-hybridized carbons (Fsp3) is 0.400. The van der Waals surface area contributed by atoms with Gasteiger partial charge in [0.1, 0.15) is 12.0 Å². The van der Waals surface area contributed by atoms with Crippen molar-refractivity contribution in [2.45, 2.75) is 19.1 Å². The number of hydrogen-bond donors (Lipinski definition) is 4. The van der Waals surface area contributed by atoms with Crippen molar-refractivity contribution in [1.82, 2.24) is 4.98 Å². The zero-order valence-corrected chi connectivity index (χ0v) is 10.2. The third kappa shape index (κ3) is 3.86. The Balaban J connectivity index is 2.94. The summed E-state index contributed by atoms with van der Waals surface area (Å²) in [7, 11) is 0. The van der Waals surface area contributed by atoms with E-state index in [4.69, 9.17) is 11.5 Å². The smallest absolute Gasteiger partial charge is 0.288 e. The van der Waals surface area contributed by atoms with Crippen molar-refractivity contribution in [1.29, 1.82) is 0 Å². The SMILES string of the molecule is CC(O)C(N)CNc1ncc([N+](=O)[O-])cc1C(N)=O. The number of aliphatic hydroxyl groups excluding tert-OH is 1. The molecule has 1 aromatic rings. The molecule has 19 heavy (non-hydrogen) atoms. The number of primary amides is 1. The predicted molar refractivity (Wildman–Crippen MR) is 67.6 cm³/mol. The number of carbonyl (C=O) groups is 1. The highest BCUT2D eigenvalue weighted by Crippen LogP contribution is 2.18. The van der Waals surface area contributed by atoms with Gasteiger partial charge in [0.2, 0.25) is 0 Å². The second kappa shape index (κ2) is 6.07. The lowest BCUT2D eigenvalue weighted by atomic mass is 10.2. The summed E-state index contributed by atoms with van der Waals surface area (Å²) in [6.45, 7) is 1.66. The first-order chi connectivity index (χ1) is 8.82. The van der Waals surface area contributed by atoms with Crippen LogP contribution in [0.1, 0.15) is 17.3 Å². The van der Waals surface area contributed by atoms with Crippen molar-refractivity contribution >= 4 is 17.4 Å². The molecule has 1 heterocycles. The molecule has 6 N–H and O–H groups in total. The molecule has 0 aromatic carbocycles. The lowest BCUT2D eigenvalue weighted by Crippen LogP contribution is -2.39. The van der Waals surface area contributed by atoms with Crippen molar-refractivity contribution in [2.75, 3.05) is 11.9 Å². The Kier molecular flexibility index (Phi) is 4.73. The number of nitrogens with zero attached hydrogens (tertiary/aromatic N) is 2. The highest BCUT2D eigenvalue weighted by atomic mass is 16.6. The third-order valence-corrected chi connectivity index (χ3v) is 2.47. The van der Waals surface area contributed by atoms with E-state index in [1.165, 1.54) is 6.92 Å². The molecule has 1 amide bonds. The molecule has 2 unspecified atom stereocenters. The molecule has 104 valence electrons. The lowest BCUT2D eigenvalue weighted by Gasteiger charge is -2.16. The van der Waals surface area contributed by atoms with Crippen LogP contribution in [0.3, 0.4) is 0 Å². The number of aliphatic hydroxyl groups is 1. The molecule has 0 saturated carbocycles. The molecule has 9 heteroatoms. The minimum absolute atomic E-state index is 0.0919. The largest absolute Gasteiger partial charge is 0.392 e. The average Bonchev–Trinajstić information content (AvgIpc) is 2.35. The van der Waals surface area contributed by atoms with E-state index in [0.29, 0.717) is 0 Å². The Labute approximate surface area is 108 Å². The van der Waals surface area contributed by atoms with Gasteiger partial charge in [-0.15, -0.1) is 0 Å². The summed E-state index contributed by atoms with van der Waals surface area (Å²) < 4.78 is 0. The number of anilines is 1. The number of nitro groups is 1. The van der Waals surface area contributed by atoms with E-state index in [-0.39, 0.29) is 23.6 Å². The summed E-state index contributed by atoms with van der Waals surface area (Å²) in [5.74, 6) is -0.751. The van der Waals surface area contributed by atoms with E-state index in [2.05, 4.69) is 10.3 Å². The fourth-order valence-electron chi connectivity index (χ4n) is 1.27. The zero-order valence-electron chi connectivity index (χ0n) is 10.2. The standard InChI is InChI=1S/C10H15N5O4/c1-5(16)8(11)4-14-10-7(9(12)17)2-6(3-13-10)15(18)19/h2-3,5,8,16H,4,11H2,1H3,(H2,12,17)(H,13,14). The molecule has 0 saturated heterocycles. The molecule has 1 rings (SSSR count). The zero-order chi connectivity index (χ0) is 14.6. The minimum atomic E-state index is -0.843. The molecule has 9 nitrogen and oxygen atoms in total. The summed E-state index contributed by atoms with van der Waals surface area (Å²) >= 11 is 0. The number of pyridine rings is 1. The Morgan fingerprint density at radius 2 is 2.32 bits per heavy atom. The van der Waals surface area contributed by atoms with Gasteiger partial charge < -0.3 is 21.9 Å². The summed E-state index contributed by atoms with van der Waals surface area (Å²) in [5, 5.41) is 22.5. The van der Waals surface area contributed by atoms with Gasteiger partial charge in [0, 0.05) is 18.7 Å². The van der Waals surface area contributed by atoms with E-state index in [1.807, 2.05) is 0 Å². The van der Waals surface area contributed by atoms with E-state index < -0.39 is 23.0 Å². The van der Waals surface area contributed by atoms with Crippen LogP contribution in [0.2, 0.25) is 0 Å². The maximum Gasteiger partial charge on any atom is 0.288 e. The van der Waals surface area contributed by atoms with Gasteiger partial charge in [-0.25, -0.2) is 4.98 Å². The number of hydrogen-bond acceptors (Lipinski definition) is 7. The Morgan fingerprint density at radius 3 is 2.79 bits per heavy atom. The molecule has 0 radical (unpaired) electrons. The van der Waals surface area contributed by atoms with Crippen LogP contribution in [0.25, 0.3) is 0 Å². The van der Waals surface area contributed by atoms with Crippen LogP contribution in [-0.2, 0) is 0 Å². The highest BCUT2D eigenvalue weighted by molar-refractivity contribution is 5.98. The molecular weight excluding hydrogens is 254 g/mol. The molecule has 0 aliphatic heterocycles. The van der Waals surface area contributed by atoms with Crippen molar-refractivity contribution in [3.63, 3.8) is 0 Å². The molecule has 0 aliphatic rings. The molecular formula is C10H15N5O4. The maximum atomic E-state index is 11.2. The Bertz CT molecular complexity index is 491. The van der Waals surface area contributed by atoms with Crippen LogP contribution in [0.15, 0.2) is 12.3 Å². The number of nitrogens with two attached hydrogens (primary N) is 2. The van der Waals surface area contributed by atoms with Crippen LogP contribution in [-0.4, -0.2) is 39.6 Å². The summed E-state index contributed by atoms with van der Waals surface area (Å²) in [6, 6.07) is 0.462. The summed E-state index contributed by atoms with van der Waals surface area (Å²) in [5.41, 5.74) is 10.3. The van der Waals surface area contributed by atoms with E-state index in [1.54, 1.807) is 0 Å². The minimum Gasteiger partial charge on any atom is -0.392 e. The van der Waals surface area contributed by atoms with Crippen LogP contribution >= 0.6 is 0 Å². The molecule has 0 spiro atoms. The Hall–Kier alpha value is -2.26. The highest BCUT2D eigenvalue weighted by Gasteiger charge is 2.17. The van der Waals surface area contributed by atoms with Gasteiger partial charge >= 0.3 is 0 Å². The van der Waals surface area contributed by atoms with Crippen LogP contribution in [0.4, 0.5) is 11.5 Å². The van der Waals surface area contributed by atoms with Gasteiger partial charge in [-0.2, -0.15) is 0 Å². The van der Waals surface area contributed by atoms with Crippen molar-refractivity contribution in [2.24, 2.45) is 11.5 Å². The average molecular weight is 269 g/mol. The third-order valence-electron chi connectivity index (χ3n) is 2.47. The topological polar surface area (TPSA) is 157 Å². The van der Waals surface area contributed by atoms with E-state index in [9.17, 15) is 20.0 Å². The summed E-state index contributed by atoms with van der Waals surface area (Å²) in [4.78, 5) is 24.9. The van der Waals surface area contributed by atoms with E-state index >= 15 is 0 Å². The van der Waals surface area contributed by atoms with Gasteiger partial charge in [-0.3, -0.25) is 14.9 Å². The number of carbonyl (C=O) groups excluding carboxylic acids is 1. The maximum absolute atomic E-state index is 11.2. The van der Waals surface area contributed by atoms with Crippen molar-refractivity contribution in [3.05, 3.63) is 27.9 Å². The fourth-order valence-corrected chi connectivity index (χ4v) is 1.27. The number of aromatic nitrogens is 1. The first-order valence-electron chi connectivity index (χ1n) is 5.44. The van der Waals surface area contributed by atoms with Crippen molar-refractivity contribution in [3.8, 4) is 0 Å². The normalized spacial score (nSPS) is 13.6. The summed E-state index contributed by atoms with van der Waals surface area (Å²) in [6.07, 6.45) is 0.255. The molecule has 0 fully saturated rings. The molecule has 0 bridgehead atoms. The van der Waals surface area contributed by atoms with Crippen LogP contribution in [0, 0.1) is 10.1 Å². The Morgan fingerprint density at radius 1 is 1.68 bits per heavy atom.